The second-order valence-corrected chi connectivity index (χ2v) is 5.81. The SMILES string of the molecule is CC[C@H]1CCc2c(sc(NC(=O)OC)c2C(N)=O)C1. The van der Waals surface area contributed by atoms with Crippen LogP contribution in [0, 0.1) is 5.92 Å². The summed E-state index contributed by atoms with van der Waals surface area (Å²) >= 11 is 1.44. The standard InChI is InChI=1S/C13H18N2O3S/c1-3-7-4-5-8-9(6-7)19-12(10(8)11(14)16)15-13(17)18-2/h7H,3-6H2,1-2H3,(H2,14,16)(H,15,17)/t7-/m0/s1. The van der Waals surface area contributed by atoms with Crippen LogP contribution in [-0.2, 0) is 17.6 Å². The maximum Gasteiger partial charge on any atom is 0.411 e. The van der Waals surface area contributed by atoms with E-state index in [9.17, 15) is 9.59 Å². The highest BCUT2D eigenvalue weighted by Crippen LogP contribution is 2.40. The van der Waals surface area contributed by atoms with E-state index < -0.39 is 12.0 Å². The van der Waals surface area contributed by atoms with Crippen molar-refractivity contribution in [1.29, 1.82) is 0 Å². The van der Waals surface area contributed by atoms with Gasteiger partial charge in [-0.3, -0.25) is 10.1 Å². The fourth-order valence-corrected chi connectivity index (χ4v) is 3.85. The molecule has 1 aromatic rings. The monoisotopic (exact) mass is 282 g/mol. The summed E-state index contributed by atoms with van der Waals surface area (Å²) in [4.78, 5) is 24.1. The minimum absolute atomic E-state index is 0.458. The minimum Gasteiger partial charge on any atom is -0.453 e. The smallest absolute Gasteiger partial charge is 0.411 e. The average Bonchev–Trinajstić information content (AvgIpc) is 2.74. The van der Waals surface area contributed by atoms with Gasteiger partial charge in [0.2, 0.25) is 0 Å². The zero-order valence-electron chi connectivity index (χ0n) is 11.1. The first-order valence-electron chi connectivity index (χ1n) is 6.36. The molecule has 2 rings (SSSR count). The van der Waals surface area contributed by atoms with Crippen LogP contribution in [0.5, 0.6) is 0 Å². The van der Waals surface area contributed by atoms with Crippen molar-refractivity contribution in [2.24, 2.45) is 11.7 Å². The molecule has 1 aromatic heterocycles. The highest BCUT2D eigenvalue weighted by molar-refractivity contribution is 7.17. The van der Waals surface area contributed by atoms with Crippen molar-refractivity contribution in [1.82, 2.24) is 0 Å². The van der Waals surface area contributed by atoms with Crippen molar-refractivity contribution in [2.45, 2.75) is 32.6 Å². The van der Waals surface area contributed by atoms with Crippen LogP contribution in [0.4, 0.5) is 9.80 Å². The third kappa shape index (κ3) is 2.73. The molecule has 0 spiro atoms. The molecule has 3 N–H and O–H groups in total. The van der Waals surface area contributed by atoms with Gasteiger partial charge in [-0.05, 0) is 30.7 Å². The first kappa shape index (κ1) is 13.9. The number of nitrogens with two attached hydrogens (primary N) is 1. The molecule has 0 bridgehead atoms. The Morgan fingerprint density at radius 1 is 1.53 bits per heavy atom. The summed E-state index contributed by atoms with van der Waals surface area (Å²) in [5.41, 5.74) is 6.91. The number of nitrogens with one attached hydrogen (secondary N) is 1. The number of hydrogen-bond donors (Lipinski definition) is 2. The summed E-state index contributed by atoms with van der Waals surface area (Å²) in [6, 6.07) is 0. The van der Waals surface area contributed by atoms with Crippen LogP contribution in [0.1, 0.15) is 40.6 Å². The van der Waals surface area contributed by atoms with Crippen molar-refractivity contribution < 1.29 is 14.3 Å². The molecule has 1 heterocycles. The van der Waals surface area contributed by atoms with Crippen molar-refractivity contribution in [2.75, 3.05) is 12.4 Å². The van der Waals surface area contributed by atoms with Crippen molar-refractivity contribution in [3.63, 3.8) is 0 Å². The lowest BCUT2D eigenvalue weighted by atomic mass is 9.85. The van der Waals surface area contributed by atoms with Gasteiger partial charge in [0, 0.05) is 4.88 Å². The minimum atomic E-state index is -0.576. The van der Waals surface area contributed by atoms with Crippen LogP contribution >= 0.6 is 11.3 Å². The highest BCUT2D eigenvalue weighted by Gasteiger charge is 2.28. The number of hydrogen-bond acceptors (Lipinski definition) is 4. The molecule has 0 saturated carbocycles. The van der Waals surface area contributed by atoms with E-state index in [1.165, 1.54) is 23.3 Å². The number of primary amides is 1. The van der Waals surface area contributed by atoms with Gasteiger partial charge in [-0.15, -0.1) is 11.3 Å². The average molecular weight is 282 g/mol. The highest BCUT2D eigenvalue weighted by atomic mass is 32.1. The largest absolute Gasteiger partial charge is 0.453 e. The van der Waals surface area contributed by atoms with Gasteiger partial charge in [0.15, 0.2) is 0 Å². The van der Waals surface area contributed by atoms with E-state index in [1.54, 1.807) is 0 Å². The summed E-state index contributed by atoms with van der Waals surface area (Å²) < 4.78 is 4.57. The molecule has 1 aliphatic rings. The maximum absolute atomic E-state index is 11.6. The van der Waals surface area contributed by atoms with E-state index >= 15 is 0 Å². The molecule has 0 unspecified atom stereocenters. The fourth-order valence-electron chi connectivity index (χ4n) is 2.50. The third-order valence-electron chi connectivity index (χ3n) is 3.59. The zero-order chi connectivity index (χ0) is 14.0. The molecule has 1 aliphatic carbocycles. The number of thiophene rings is 1. The van der Waals surface area contributed by atoms with Crippen LogP contribution < -0.4 is 11.1 Å². The molecule has 0 radical (unpaired) electrons. The Morgan fingerprint density at radius 2 is 2.26 bits per heavy atom. The lowest BCUT2D eigenvalue weighted by Crippen LogP contribution is -2.19. The van der Waals surface area contributed by atoms with Crippen LogP contribution in [0.25, 0.3) is 0 Å². The van der Waals surface area contributed by atoms with Gasteiger partial charge in [-0.2, -0.15) is 0 Å². The van der Waals surface area contributed by atoms with Gasteiger partial charge in [0.1, 0.15) is 5.00 Å². The molecule has 1 atom stereocenters. The first-order chi connectivity index (χ1) is 9.06. The molecule has 6 heteroatoms. The molecule has 0 saturated heterocycles. The zero-order valence-corrected chi connectivity index (χ0v) is 11.9. The predicted molar refractivity (Wildman–Crippen MR) is 74.7 cm³/mol. The Kier molecular flexibility index (Phi) is 4.09. The summed E-state index contributed by atoms with van der Waals surface area (Å²) in [5, 5.41) is 3.10. The van der Waals surface area contributed by atoms with Gasteiger partial charge in [0.25, 0.3) is 5.91 Å². The molecule has 19 heavy (non-hydrogen) atoms. The second kappa shape index (κ2) is 5.61. The number of amides is 2. The lowest BCUT2D eigenvalue weighted by molar-refractivity contribution is 0.1000. The number of rotatable bonds is 3. The van der Waals surface area contributed by atoms with Crippen molar-refractivity contribution in [3.8, 4) is 0 Å². The molecule has 0 fully saturated rings. The Bertz CT molecular complexity index is 510. The Morgan fingerprint density at radius 3 is 2.84 bits per heavy atom. The van der Waals surface area contributed by atoms with Gasteiger partial charge >= 0.3 is 6.09 Å². The van der Waals surface area contributed by atoms with Gasteiger partial charge < -0.3 is 10.5 Å². The van der Waals surface area contributed by atoms with Crippen molar-refractivity contribution >= 4 is 28.3 Å². The molecular formula is C13H18N2O3S. The quantitative estimate of drug-likeness (QED) is 0.893. The van der Waals surface area contributed by atoms with Crippen LogP contribution in [0.3, 0.4) is 0 Å². The van der Waals surface area contributed by atoms with E-state index in [-0.39, 0.29) is 0 Å². The van der Waals surface area contributed by atoms with E-state index in [1.807, 2.05) is 0 Å². The van der Waals surface area contributed by atoms with Crippen LogP contribution in [-0.4, -0.2) is 19.1 Å². The van der Waals surface area contributed by atoms with Crippen molar-refractivity contribution in [3.05, 3.63) is 16.0 Å². The topological polar surface area (TPSA) is 81.4 Å². The molecule has 5 nitrogen and oxygen atoms in total. The van der Waals surface area contributed by atoms with Crippen LogP contribution in [0.2, 0.25) is 0 Å². The lowest BCUT2D eigenvalue weighted by Gasteiger charge is -2.20. The number of anilines is 1. The van der Waals surface area contributed by atoms with E-state index in [2.05, 4.69) is 17.0 Å². The first-order valence-corrected chi connectivity index (χ1v) is 7.17. The number of carbonyl (C=O) groups is 2. The Hall–Kier alpha value is -1.56. The molecule has 2 amide bonds. The van der Waals surface area contributed by atoms with E-state index in [0.29, 0.717) is 16.5 Å². The predicted octanol–water partition coefficient (Wildman–Crippen LogP) is 2.54. The normalized spacial score (nSPS) is 17.7. The Balaban J connectivity index is 2.36. The summed E-state index contributed by atoms with van der Waals surface area (Å²) in [6.07, 6.45) is 3.43. The number of carbonyl (C=O) groups excluding carboxylic acids is 2. The molecule has 0 aromatic carbocycles. The summed E-state index contributed by atoms with van der Waals surface area (Å²) in [6.45, 7) is 2.17. The van der Waals surface area contributed by atoms with Gasteiger partial charge in [-0.25, -0.2) is 4.79 Å². The number of ether oxygens (including phenoxy) is 1. The summed E-state index contributed by atoms with van der Waals surface area (Å²) in [5.74, 6) is 0.164. The fraction of sp³-hybridized carbons (Fsp3) is 0.538. The maximum atomic E-state index is 11.6. The number of methoxy groups -OCH3 is 1. The molecule has 104 valence electrons. The molecule has 0 aliphatic heterocycles. The van der Waals surface area contributed by atoms with E-state index in [0.717, 1.165) is 31.2 Å². The number of fused-ring (bicyclic) bond motifs is 1. The van der Waals surface area contributed by atoms with Gasteiger partial charge in [-0.1, -0.05) is 13.3 Å². The molecular weight excluding hydrogens is 264 g/mol. The second-order valence-electron chi connectivity index (χ2n) is 4.71. The van der Waals surface area contributed by atoms with E-state index in [4.69, 9.17) is 5.73 Å². The Labute approximate surface area is 116 Å². The van der Waals surface area contributed by atoms with Crippen LogP contribution in [0.15, 0.2) is 0 Å². The summed E-state index contributed by atoms with van der Waals surface area (Å²) in [7, 11) is 1.29. The third-order valence-corrected chi connectivity index (χ3v) is 4.76. The van der Waals surface area contributed by atoms with Gasteiger partial charge in [0.05, 0.1) is 12.7 Å².